The van der Waals surface area contributed by atoms with Crippen molar-refractivity contribution in [3.8, 4) is 0 Å². The lowest BCUT2D eigenvalue weighted by Crippen LogP contribution is -2.63. The summed E-state index contributed by atoms with van der Waals surface area (Å²) in [6.07, 6.45) is 4.67. The molecule has 1 aromatic carbocycles. The molecule has 0 N–H and O–H groups in total. The summed E-state index contributed by atoms with van der Waals surface area (Å²) < 4.78 is 5.88. The summed E-state index contributed by atoms with van der Waals surface area (Å²) in [7, 11) is 0. The van der Waals surface area contributed by atoms with Gasteiger partial charge in [-0.15, -0.1) is 0 Å². The number of aromatic nitrogens is 1. The van der Waals surface area contributed by atoms with Crippen LogP contribution in [-0.2, 0) is 4.74 Å². The molecule has 0 radical (unpaired) electrons. The number of ether oxygens (including phenoxy) is 1. The van der Waals surface area contributed by atoms with Gasteiger partial charge in [-0.3, -0.25) is 4.98 Å². The van der Waals surface area contributed by atoms with E-state index in [1.165, 1.54) is 16.8 Å². The molecular formula is C23H30N2O2. The maximum Gasteiger partial charge on any atom is 0.339 e. The van der Waals surface area contributed by atoms with Gasteiger partial charge in [0, 0.05) is 42.0 Å². The molecule has 1 fully saturated rings. The maximum absolute atomic E-state index is 12.5. The van der Waals surface area contributed by atoms with Crippen LogP contribution in [0, 0.1) is 13.8 Å². The van der Waals surface area contributed by atoms with Crippen molar-refractivity contribution in [3.05, 3.63) is 59.4 Å². The van der Waals surface area contributed by atoms with Gasteiger partial charge in [0.1, 0.15) is 6.10 Å². The van der Waals surface area contributed by atoms with Gasteiger partial charge in [0.05, 0.1) is 5.56 Å². The molecule has 0 aliphatic carbocycles. The summed E-state index contributed by atoms with van der Waals surface area (Å²) in [5.41, 5.74) is 4.02. The van der Waals surface area contributed by atoms with Crippen LogP contribution in [0.1, 0.15) is 62.0 Å². The fraction of sp³-hybridized carbons (Fsp3) is 0.478. The van der Waals surface area contributed by atoms with Crippen molar-refractivity contribution in [2.45, 2.75) is 71.6 Å². The van der Waals surface area contributed by atoms with Crippen LogP contribution in [0.25, 0.3) is 0 Å². The third-order valence-corrected chi connectivity index (χ3v) is 5.44. The summed E-state index contributed by atoms with van der Waals surface area (Å²) in [6.45, 7) is 13.2. The number of aryl methyl sites for hydroxylation is 2. The van der Waals surface area contributed by atoms with Crippen molar-refractivity contribution >= 4 is 11.7 Å². The average Bonchev–Trinajstić information content (AvgIpc) is 2.56. The Balaban J connectivity index is 1.86. The van der Waals surface area contributed by atoms with Crippen molar-refractivity contribution in [2.24, 2.45) is 0 Å². The molecule has 0 amide bonds. The summed E-state index contributed by atoms with van der Waals surface area (Å²) >= 11 is 0. The zero-order chi connectivity index (χ0) is 19.8. The normalized spacial score (nSPS) is 19.0. The van der Waals surface area contributed by atoms with Crippen LogP contribution in [0.5, 0.6) is 0 Å². The fourth-order valence-corrected chi connectivity index (χ4v) is 4.59. The van der Waals surface area contributed by atoms with Gasteiger partial charge in [0.15, 0.2) is 0 Å². The van der Waals surface area contributed by atoms with Gasteiger partial charge in [-0.25, -0.2) is 4.79 Å². The summed E-state index contributed by atoms with van der Waals surface area (Å²) in [5.74, 6) is -0.292. The van der Waals surface area contributed by atoms with Gasteiger partial charge >= 0.3 is 5.97 Å². The fourth-order valence-electron chi connectivity index (χ4n) is 4.59. The van der Waals surface area contributed by atoms with Crippen LogP contribution >= 0.6 is 0 Å². The number of carbonyl (C=O) groups excluding carboxylic acids is 1. The lowest BCUT2D eigenvalue weighted by atomic mass is 9.77. The minimum Gasteiger partial charge on any atom is -0.459 e. The van der Waals surface area contributed by atoms with E-state index >= 15 is 0 Å². The summed E-state index contributed by atoms with van der Waals surface area (Å²) in [6, 6.07) is 10.1. The Morgan fingerprint density at radius 1 is 1.11 bits per heavy atom. The smallest absolute Gasteiger partial charge is 0.339 e. The highest BCUT2D eigenvalue weighted by molar-refractivity contribution is 5.89. The second-order valence-corrected chi connectivity index (χ2v) is 8.93. The molecule has 1 aliphatic heterocycles. The number of piperidine rings is 1. The van der Waals surface area contributed by atoms with E-state index in [1.807, 2.05) is 0 Å². The Morgan fingerprint density at radius 2 is 1.78 bits per heavy atom. The SMILES string of the molecule is Cc1ccc(C)c(N2C(C)(C)CC(OC(=O)c3cccnc3)CC2(C)C)c1. The molecule has 144 valence electrons. The topological polar surface area (TPSA) is 42.4 Å². The van der Waals surface area contributed by atoms with Crippen LogP contribution in [0.4, 0.5) is 5.69 Å². The molecular weight excluding hydrogens is 336 g/mol. The van der Waals surface area contributed by atoms with Gasteiger partial charge in [0.2, 0.25) is 0 Å². The Bertz CT molecular complexity index is 810. The second kappa shape index (κ2) is 6.99. The van der Waals surface area contributed by atoms with Gasteiger partial charge in [-0.2, -0.15) is 0 Å². The Hall–Kier alpha value is -2.36. The number of benzene rings is 1. The van der Waals surface area contributed by atoms with Gasteiger partial charge in [0.25, 0.3) is 0 Å². The van der Waals surface area contributed by atoms with Gasteiger partial charge in [-0.1, -0.05) is 12.1 Å². The average molecular weight is 367 g/mol. The zero-order valence-electron chi connectivity index (χ0n) is 17.2. The lowest BCUT2D eigenvalue weighted by Gasteiger charge is -2.56. The Morgan fingerprint density at radius 3 is 2.37 bits per heavy atom. The van der Waals surface area contributed by atoms with Crippen molar-refractivity contribution in [3.63, 3.8) is 0 Å². The molecule has 0 spiro atoms. The number of esters is 1. The van der Waals surface area contributed by atoms with E-state index in [4.69, 9.17) is 4.74 Å². The van der Waals surface area contributed by atoms with Crippen LogP contribution < -0.4 is 4.90 Å². The van der Waals surface area contributed by atoms with Gasteiger partial charge < -0.3 is 9.64 Å². The van der Waals surface area contributed by atoms with E-state index in [1.54, 1.807) is 24.5 Å². The van der Waals surface area contributed by atoms with E-state index in [-0.39, 0.29) is 23.2 Å². The highest BCUT2D eigenvalue weighted by Crippen LogP contribution is 2.44. The number of rotatable bonds is 3. The molecule has 3 rings (SSSR count). The lowest BCUT2D eigenvalue weighted by molar-refractivity contribution is 0.00344. The first-order chi connectivity index (χ1) is 12.6. The maximum atomic E-state index is 12.5. The van der Waals surface area contributed by atoms with E-state index < -0.39 is 0 Å². The number of carbonyl (C=O) groups is 1. The first-order valence-electron chi connectivity index (χ1n) is 9.59. The van der Waals surface area contributed by atoms with Crippen molar-refractivity contribution in [2.75, 3.05) is 4.90 Å². The molecule has 1 aromatic heterocycles. The Kier molecular flexibility index (Phi) is 5.02. The van der Waals surface area contributed by atoms with Crippen LogP contribution in [0.2, 0.25) is 0 Å². The van der Waals surface area contributed by atoms with Crippen LogP contribution in [-0.4, -0.2) is 28.1 Å². The molecule has 0 atom stereocenters. The predicted molar refractivity (Wildman–Crippen MR) is 109 cm³/mol. The molecule has 1 saturated heterocycles. The molecule has 0 saturated carbocycles. The monoisotopic (exact) mass is 366 g/mol. The predicted octanol–water partition coefficient (Wildman–Crippen LogP) is 5.08. The van der Waals surface area contributed by atoms with E-state index in [2.05, 4.69) is 69.6 Å². The first kappa shape index (κ1) is 19.4. The minimum atomic E-state index is -0.292. The van der Waals surface area contributed by atoms with Crippen molar-refractivity contribution in [1.29, 1.82) is 0 Å². The molecule has 0 unspecified atom stereocenters. The van der Waals surface area contributed by atoms with Crippen LogP contribution in [0.3, 0.4) is 0 Å². The largest absolute Gasteiger partial charge is 0.459 e. The highest BCUT2D eigenvalue weighted by Gasteiger charge is 2.47. The number of hydrogen-bond acceptors (Lipinski definition) is 4. The molecule has 4 nitrogen and oxygen atoms in total. The Labute approximate surface area is 162 Å². The second-order valence-electron chi connectivity index (χ2n) is 8.93. The molecule has 1 aliphatic rings. The third kappa shape index (κ3) is 4.00. The molecule has 4 heteroatoms. The number of pyridine rings is 1. The molecule has 2 aromatic rings. The first-order valence-corrected chi connectivity index (χ1v) is 9.59. The van der Waals surface area contributed by atoms with Crippen molar-refractivity contribution in [1.82, 2.24) is 4.98 Å². The number of hydrogen-bond donors (Lipinski definition) is 0. The standard InChI is InChI=1S/C23H30N2O2/c1-16-9-10-17(2)20(12-16)25-22(3,4)13-19(14-23(25,5)6)27-21(26)18-8-7-11-24-15-18/h7-12,15,19H,13-14H2,1-6H3. The van der Waals surface area contributed by atoms with Crippen molar-refractivity contribution < 1.29 is 9.53 Å². The minimum absolute atomic E-state index is 0.121. The van der Waals surface area contributed by atoms with E-state index in [9.17, 15) is 4.79 Å². The number of anilines is 1. The van der Waals surface area contributed by atoms with E-state index in [0.717, 1.165) is 12.8 Å². The quantitative estimate of drug-likeness (QED) is 0.710. The molecule has 0 bridgehead atoms. The zero-order valence-corrected chi connectivity index (χ0v) is 17.2. The highest BCUT2D eigenvalue weighted by atomic mass is 16.5. The molecule has 27 heavy (non-hydrogen) atoms. The third-order valence-electron chi connectivity index (χ3n) is 5.44. The summed E-state index contributed by atoms with van der Waals surface area (Å²) in [4.78, 5) is 19.0. The van der Waals surface area contributed by atoms with Crippen LogP contribution in [0.15, 0.2) is 42.7 Å². The van der Waals surface area contributed by atoms with Gasteiger partial charge in [-0.05, 0) is 70.9 Å². The molecule has 2 heterocycles. The van der Waals surface area contributed by atoms with E-state index in [0.29, 0.717) is 5.56 Å². The number of nitrogens with zero attached hydrogens (tertiary/aromatic N) is 2. The summed E-state index contributed by atoms with van der Waals surface area (Å²) in [5, 5.41) is 0.